The molecule has 0 radical (unpaired) electrons. The number of nitrogens with zero attached hydrogens (tertiary/aromatic N) is 1. The van der Waals surface area contributed by atoms with Crippen LogP contribution in [-0.4, -0.2) is 30.2 Å². The fourth-order valence-corrected chi connectivity index (χ4v) is 1.44. The van der Waals surface area contributed by atoms with E-state index in [0.29, 0.717) is 17.7 Å². The van der Waals surface area contributed by atoms with Crippen LogP contribution < -0.4 is 5.73 Å². The van der Waals surface area contributed by atoms with Gasteiger partial charge in [0.15, 0.2) is 0 Å². The maximum absolute atomic E-state index is 12.2. The van der Waals surface area contributed by atoms with Crippen LogP contribution >= 0.6 is 0 Å². The summed E-state index contributed by atoms with van der Waals surface area (Å²) in [6.07, 6.45) is -3.51. The fraction of sp³-hybridized carbons (Fsp3) is 0.857. The third kappa shape index (κ3) is 2.58. The van der Waals surface area contributed by atoms with Crippen LogP contribution in [0.1, 0.15) is 12.8 Å². The fourth-order valence-electron chi connectivity index (χ4n) is 1.44. The highest BCUT2D eigenvalue weighted by molar-refractivity contribution is 5.76. The average Bonchev–Trinajstić information content (AvgIpc) is 2.03. The van der Waals surface area contributed by atoms with Crippen molar-refractivity contribution in [3.05, 3.63) is 0 Å². The standard InChI is InChI=1S/C7H11F3N2O/c8-7(9,10)12-3-1-2-5(4-12)6(11)13/h5H,1-4H2,(H2,11,13). The third-order valence-electron chi connectivity index (χ3n) is 2.18. The minimum absolute atomic E-state index is 0.0344. The van der Waals surface area contributed by atoms with Crippen LogP contribution in [0.25, 0.3) is 0 Å². The maximum Gasteiger partial charge on any atom is 0.459 e. The monoisotopic (exact) mass is 196 g/mol. The van der Waals surface area contributed by atoms with Crippen LogP contribution in [0.2, 0.25) is 0 Å². The first kappa shape index (κ1) is 10.3. The molecule has 3 nitrogen and oxygen atoms in total. The van der Waals surface area contributed by atoms with Gasteiger partial charge in [0.25, 0.3) is 0 Å². The molecule has 1 rings (SSSR count). The first-order chi connectivity index (χ1) is 5.91. The number of alkyl halides is 3. The summed E-state index contributed by atoms with van der Waals surface area (Å²) in [4.78, 5) is 11.0. The Balaban J connectivity index is 2.57. The van der Waals surface area contributed by atoms with Gasteiger partial charge in [-0.15, -0.1) is 0 Å². The second-order valence-corrected chi connectivity index (χ2v) is 3.16. The van der Waals surface area contributed by atoms with Gasteiger partial charge >= 0.3 is 6.30 Å². The molecule has 1 amide bonds. The SMILES string of the molecule is NC(=O)C1CCCN(C(F)(F)F)C1. The molecule has 0 aromatic heterocycles. The van der Waals surface area contributed by atoms with E-state index in [0.717, 1.165) is 0 Å². The molecule has 6 heteroatoms. The van der Waals surface area contributed by atoms with E-state index < -0.39 is 18.1 Å². The number of amides is 1. The quantitative estimate of drug-likeness (QED) is 0.627. The number of nitrogens with two attached hydrogens (primary N) is 1. The van der Waals surface area contributed by atoms with Gasteiger partial charge in [-0.1, -0.05) is 0 Å². The maximum atomic E-state index is 12.2. The molecule has 1 fully saturated rings. The molecule has 1 aliphatic rings. The number of piperidine rings is 1. The van der Waals surface area contributed by atoms with Crippen molar-refractivity contribution in [3.63, 3.8) is 0 Å². The summed E-state index contributed by atoms with van der Waals surface area (Å²) in [6, 6.07) is 0. The summed E-state index contributed by atoms with van der Waals surface area (Å²) in [5.41, 5.74) is 4.94. The number of carbonyl (C=O) groups excluding carboxylic acids is 1. The van der Waals surface area contributed by atoms with Crippen LogP contribution in [0.5, 0.6) is 0 Å². The molecule has 0 spiro atoms. The Kier molecular flexibility index (Phi) is 2.80. The summed E-state index contributed by atoms with van der Waals surface area (Å²) < 4.78 is 36.5. The number of hydrogen-bond acceptors (Lipinski definition) is 2. The molecule has 1 unspecified atom stereocenters. The highest BCUT2D eigenvalue weighted by Gasteiger charge is 2.40. The number of likely N-dealkylation sites (tertiary alicyclic amines) is 1. The number of hydrogen-bond donors (Lipinski definition) is 1. The lowest BCUT2D eigenvalue weighted by Crippen LogP contribution is -2.47. The van der Waals surface area contributed by atoms with Crippen molar-refractivity contribution in [2.45, 2.75) is 19.1 Å². The topological polar surface area (TPSA) is 46.3 Å². The van der Waals surface area contributed by atoms with E-state index in [2.05, 4.69) is 0 Å². The molecule has 76 valence electrons. The molecule has 0 saturated carbocycles. The van der Waals surface area contributed by atoms with Gasteiger partial charge in [-0.05, 0) is 12.8 Å². The van der Waals surface area contributed by atoms with Crippen LogP contribution in [0, 0.1) is 5.92 Å². The van der Waals surface area contributed by atoms with Gasteiger partial charge in [0.05, 0.1) is 5.92 Å². The van der Waals surface area contributed by atoms with Gasteiger partial charge in [0.2, 0.25) is 5.91 Å². The van der Waals surface area contributed by atoms with Crippen LogP contribution in [-0.2, 0) is 4.79 Å². The van der Waals surface area contributed by atoms with E-state index in [-0.39, 0.29) is 13.1 Å². The molecule has 0 aromatic carbocycles. The lowest BCUT2D eigenvalue weighted by molar-refractivity contribution is -0.252. The van der Waals surface area contributed by atoms with Crippen molar-refractivity contribution >= 4 is 5.91 Å². The Bertz CT molecular complexity index is 204. The van der Waals surface area contributed by atoms with E-state index in [4.69, 9.17) is 5.73 Å². The van der Waals surface area contributed by atoms with E-state index in [9.17, 15) is 18.0 Å². The Labute approximate surface area is 73.7 Å². The van der Waals surface area contributed by atoms with Gasteiger partial charge in [-0.3, -0.25) is 4.79 Å². The Morgan fingerprint density at radius 3 is 2.54 bits per heavy atom. The molecule has 1 saturated heterocycles. The molecule has 1 heterocycles. The van der Waals surface area contributed by atoms with Gasteiger partial charge in [0.1, 0.15) is 0 Å². The first-order valence-electron chi connectivity index (χ1n) is 4.02. The molecular weight excluding hydrogens is 185 g/mol. The molecule has 13 heavy (non-hydrogen) atoms. The van der Waals surface area contributed by atoms with E-state index in [1.165, 1.54) is 0 Å². The second kappa shape index (κ2) is 3.53. The van der Waals surface area contributed by atoms with Crippen molar-refractivity contribution in [1.82, 2.24) is 4.90 Å². The second-order valence-electron chi connectivity index (χ2n) is 3.16. The number of carbonyl (C=O) groups is 1. The lowest BCUT2D eigenvalue weighted by atomic mass is 9.98. The predicted molar refractivity (Wildman–Crippen MR) is 39.5 cm³/mol. The highest BCUT2D eigenvalue weighted by Crippen LogP contribution is 2.27. The van der Waals surface area contributed by atoms with Crippen LogP contribution in [0.15, 0.2) is 0 Å². The van der Waals surface area contributed by atoms with Crippen molar-refractivity contribution in [2.24, 2.45) is 11.7 Å². The summed E-state index contributed by atoms with van der Waals surface area (Å²) in [6.45, 7) is -0.327. The Morgan fingerprint density at radius 2 is 2.08 bits per heavy atom. The zero-order valence-electron chi connectivity index (χ0n) is 6.97. The lowest BCUT2D eigenvalue weighted by Gasteiger charge is -2.32. The van der Waals surface area contributed by atoms with Crippen LogP contribution in [0.3, 0.4) is 0 Å². The van der Waals surface area contributed by atoms with Crippen molar-refractivity contribution in [1.29, 1.82) is 0 Å². The average molecular weight is 196 g/mol. The van der Waals surface area contributed by atoms with E-state index in [1.807, 2.05) is 0 Å². The minimum atomic E-state index is -4.34. The number of rotatable bonds is 1. The molecule has 1 atom stereocenters. The summed E-state index contributed by atoms with van der Waals surface area (Å²) in [5, 5.41) is 0. The predicted octanol–water partition coefficient (Wildman–Crippen LogP) is 0.703. The number of halogens is 3. The van der Waals surface area contributed by atoms with E-state index in [1.54, 1.807) is 0 Å². The van der Waals surface area contributed by atoms with Crippen LogP contribution in [0.4, 0.5) is 13.2 Å². The summed E-state index contributed by atoms with van der Waals surface area (Å²) in [5.74, 6) is -1.30. The molecule has 0 bridgehead atoms. The summed E-state index contributed by atoms with van der Waals surface area (Å²) >= 11 is 0. The number of primary amides is 1. The molecule has 0 aromatic rings. The Hall–Kier alpha value is -0.780. The van der Waals surface area contributed by atoms with Gasteiger partial charge in [-0.2, -0.15) is 13.2 Å². The smallest absolute Gasteiger partial charge is 0.369 e. The Morgan fingerprint density at radius 1 is 1.46 bits per heavy atom. The van der Waals surface area contributed by atoms with Gasteiger partial charge < -0.3 is 5.73 Å². The van der Waals surface area contributed by atoms with Crippen molar-refractivity contribution < 1.29 is 18.0 Å². The van der Waals surface area contributed by atoms with Gasteiger partial charge in [0, 0.05) is 13.1 Å². The molecular formula is C7H11F3N2O. The molecule has 0 aliphatic carbocycles. The normalized spacial score (nSPS) is 25.9. The summed E-state index contributed by atoms with van der Waals surface area (Å²) in [7, 11) is 0. The zero-order valence-corrected chi connectivity index (χ0v) is 6.97. The molecule has 2 N–H and O–H groups in total. The van der Waals surface area contributed by atoms with Gasteiger partial charge in [-0.25, -0.2) is 4.90 Å². The third-order valence-corrected chi connectivity index (χ3v) is 2.18. The largest absolute Gasteiger partial charge is 0.459 e. The first-order valence-corrected chi connectivity index (χ1v) is 4.02. The van der Waals surface area contributed by atoms with Crippen molar-refractivity contribution in [2.75, 3.05) is 13.1 Å². The molecule has 1 aliphatic heterocycles. The van der Waals surface area contributed by atoms with E-state index >= 15 is 0 Å². The highest BCUT2D eigenvalue weighted by atomic mass is 19.4. The minimum Gasteiger partial charge on any atom is -0.369 e. The van der Waals surface area contributed by atoms with Crippen molar-refractivity contribution in [3.8, 4) is 0 Å². The zero-order chi connectivity index (χ0) is 10.1.